The molecule has 4 nitrogen and oxygen atoms in total. The van der Waals surface area contributed by atoms with Gasteiger partial charge in [-0.3, -0.25) is 9.59 Å². The van der Waals surface area contributed by atoms with Gasteiger partial charge in [-0.1, -0.05) is 157 Å². The molecule has 8 rings (SSSR count). The molecule has 0 atom stereocenters. The van der Waals surface area contributed by atoms with E-state index in [1.807, 2.05) is 0 Å². The second-order valence-electron chi connectivity index (χ2n) is 14.4. The summed E-state index contributed by atoms with van der Waals surface area (Å²) in [6.45, 7) is 12.3. The van der Waals surface area contributed by atoms with E-state index in [9.17, 15) is 9.59 Å². The average molecular weight is 908 g/mol. The average Bonchev–Trinajstić information content (AvgIpc) is 3.93. The Hall–Kier alpha value is -4.99. The summed E-state index contributed by atoms with van der Waals surface area (Å²) in [5.74, 6) is -0.220. The molecule has 0 aromatic heterocycles. The molecule has 8 aromatic rings. The first-order valence-corrected chi connectivity index (χ1v) is 26.4. The molecule has 0 bridgehead atoms. The van der Waals surface area contributed by atoms with Crippen LogP contribution in [0.2, 0.25) is 0 Å². The van der Waals surface area contributed by atoms with Crippen molar-refractivity contribution in [1.29, 1.82) is 0 Å². The maximum absolute atomic E-state index is 10.6. The molecule has 0 aliphatic rings. The fourth-order valence-corrected chi connectivity index (χ4v) is 7.02. The zero-order valence-corrected chi connectivity index (χ0v) is 39.0. The summed E-state index contributed by atoms with van der Waals surface area (Å²) in [5.41, 5.74) is 15.9. The molecule has 60 heavy (non-hydrogen) atoms. The summed E-state index contributed by atoms with van der Waals surface area (Å²) in [6.07, 6.45) is 0.830. The van der Waals surface area contributed by atoms with Crippen molar-refractivity contribution in [1.82, 2.24) is 10.5 Å². The molecule has 0 fully saturated rings. The SMILES string of the molecule is CCC(=O)N[B]NC(=O)CC.Cc1cccc(-c2cccc3[cH-]c(-c4ccccc4)cc23)c1C.Cc1cccc(-c2cccc3[cH-]c(-c4ccccc4)cc23)c1C.[Cl][Zr+2][Cl]. The number of carbonyl (C=O) groups is 2. The Morgan fingerprint density at radius 1 is 0.517 bits per heavy atom. The Bertz CT molecular complexity index is 2460. The maximum atomic E-state index is 10.6. The summed E-state index contributed by atoms with van der Waals surface area (Å²) in [5, 5.41) is 10.1. The van der Waals surface area contributed by atoms with Crippen molar-refractivity contribution in [3.8, 4) is 44.5 Å². The van der Waals surface area contributed by atoms with Crippen LogP contribution in [-0.2, 0) is 30.4 Å². The summed E-state index contributed by atoms with van der Waals surface area (Å²) in [4.78, 5) is 21.2. The number of benzene rings is 6. The van der Waals surface area contributed by atoms with Crippen LogP contribution in [0.4, 0.5) is 0 Å². The van der Waals surface area contributed by atoms with Gasteiger partial charge in [0.05, 0.1) is 0 Å². The number of fused-ring (bicyclic) bond motifs is 2. The van der Waals surface area contributed by atoms with Crippen LogP contribution < -0.4 is 10.5 Å². The predicted molar refractivity (Wildman–Crippen MR) is 254 cm³/mol. The van der Waals surface area contributed by atoms with Crippen LogP contribution in [0.25, 0.3) is 66.1 Å². The van der Waals surface area contributed by atoms with E-state index >= 15 is 0 Å². The number of amides is 2. The van der Waals surface area contributed by atoms with E-state index in [1.54, 1.807) is 13.8 Å². The van der Waals surface area contributed by atoms with Gasteiger partial charge in [-0.25, -0.2) is 0 Å². The van der Waals surface area contributed by atoms with Gasteiger partial charge in [-0.15, -0.1) is 69.1 Å². The number of aryl methyl sites for hydroxylation is 2. The molecule has 0 spiro atoms. The van der Waals surface area contributed by atoms with Crippen LogP contribution in [-0.4, -0.2) is 19.4 Å². The molecule has 0 heterocycles. The standard InChI is InChI=1S/2C23H19.C6H12BN2O2.2ClH.Zr/c2*1-16-8-6-12-21(17(16)2)22-13-7-11-19-14-20(15-23(19)22)18-9-4-3-5-10-18;1-3-5(10)8-7-9-6(11)4-2;;;/h2*3-15H,1-2H3;3-4H2,1-2H3,(H,8,10)(H,9,11);2*1H;/q2*-1;;;;+4/p-2. The van der Waals surface area contributed by atoms with Crippen LogP contribution in [0.15, 0.2) is 158 Å². The van der Waals surface area contributed by atoms with Crippen LogP contribution in [0.3, 0.4) is 0 Å². The number of nitrogens with one attached hydrogen (secondary N) is 2. The van der Waals surface area contributed by atoms with E-state index in [0.717, 1.165) is 0 Å². The molecular formula is C52H50BCl2N2O2Zr. The topological polar surface area (TPSA) is 58.2 Å². The second kappa shape index (κ2) is 23.1. The molecule has 0 aliphatic heterocycles. The number of halogens is 2. The molecule has 301 valence electrons. The monoisotopic (exact) mass is 905 g/mol. The second-order valence-corrected chi connectivity index (χ2v) is 18.1. The van der Waals surface area contributed by atoms with E-state index < -0.39 is 20.8 Å². The van der Waals surface area contributed by atoms with Gasteiger partial charge in [0.25, 0.3) is 0 Å². The molecule has 0 unspecified atom stereocenters. The van der Waals surface area contributed by atoms with Gasteiger partial charge in [-0.05, 0) is 61.1 Å². The molecule has 8 heteroatoms. The van der Waals surface area contributed by atoms with E-state index in [-0.39, 0.29) is 11.8 Å². The van der Waals surface area contributed by atoms with Crippen molar-refractivity contribution in [2.75, 3.05) is 0 Å². The minimum absolute atomic E-state index is 0.110. The molecular weight excluding hydrogens is 858 g/mol. The molecule has 8 aromatic carbocycles. The quantitative estimate of drug-likeness (QED) is 0.118. The van der Waals surface area contributed by atoms with Crippen LogP contribution in [0, 0.1) is 27.7 Å². The Morgan fingerprint density at radius 2 is 0.867 bits per heavy atom. The van der Waals surface area contributed by atoms with Crippen molar-refractivity contribution in [3.05, 3.63) is 180 Å². The predicted octanol–water partition coefficient (Wildman–Crippen LogP) is 14.0. The van der Waals surface area contributed by atoms with Gasteiger partial charge in [-0.2, -0.15) is 0 Å². The van der Waals surface area contributed by atoms with Crippen molar-refractivity contribution >= 4 is 57.9 Å². The van der Waals surface area contributed by atoms with Crippen LogP contribution >= 0.6 is 17.0 Å². The van der Waals surface area contributed by atoms with E-state index in [0.29, 0.717) is 12.8 Å². The van der Waals surface area contributed by atoms with E-state index in [2.05, 4.69) is 196 Å². The van der Waals surface area contributed by atoms with Crippen molar-refractivity contribution < 1.29 is 30.4 Å². The van der Waals surface area contributed by atoms with Crippen molar-refractivity contribution in [2.45, 2.75) is 54.4 Å². The van der Waals surface area contributed by atoms with Gasteiger partial charge >= 0.3 is 45.4 Å². The third-order valence-electron chi connectivity index (χ3n) is 10.6. The Balaban J connectivity index is 0.000000175. The third kappa shape index (κ3) is 12.1. The zero-order valence-electron chi connectivity index (χ0n) is 35.1. The normalized spacial score (nSPS) is 10.2. The minimum atomic E-state index is -0.826. The van der Waals surface area contributed by atoms with E-state index in [4.69, 9.17) is 17.0 Å². The first-order valence-electron chi connectivity index (χ1n) is 20.1. The first-order chi connectivity index (χ1) is 29.1. The molecule has 0 saturated heterocycles. The Kier molecular flexibility index (Phi) is 17.8. The van der Waals surface area contributed by atoms with Crippen molar-refractivity contribution in [2.24, 2.45) is 0 Å². The van der Waals surface area contributed by atoms with Gasteiger partial charge in [0.2, 0.25) is 11.8 Å². The van der Waals surface area contributed by atoms with Crippen LogP contribution in [0.1, 0.15) is 48.9 Å². The van der Waals surface area contributed by atoms with Gasteiger partial charge in [0.1, 0.15) is 0 Å². The summed E-state index contributed by atoms with van der Waals surface area (Å²) in [7, 11) is 11.1. The molecule has 0 saturated carbocycles. The molecule has 0 aliphatic carbocycles. The number of hydrogen-bond donors (Lipinski definition) is 2. The summed E-state index contributed by atoms with van der Waals surface area (Å²) < 4.78 is 0. The van der Waals surface area contributed by atoms with Gasteiger partial charge in [0.15, 0.2) is 0 Å². The summed E-state index contributed by atoms with van der Waals surface area (Å²) >= 11 is -0.826. The van der Waals surface area contributed by atoms with Gasteiger partial charge < -0.3 is 10.5 Å². The fourth-order valence-electron chi connectivity index (χ4n) is 7.02. The van der Waals surface area contributed by atoms with E-state index in [1.165, 1.54) is 95.9 Å². The van der Waals surface area contributed by atoms with Crippen molar-refractivity contribution in [3.63, 3.8) is 0 Å². The molecule has 2 amide bonds. The third-order valence-corrected chi connectivity index (χ3v) is 10.6. The van der Waals surface area contributed by atoms with Crippen LogP contribution in [0.5, 0.6) is 0 Å². The first kappa shape index (κ1) is 46.1. The zero-order chi connectivity index (χ0) is 43.0. The number of rotatable bonds is 8. The summed E-state index contributed by atoms with van der Waals surface area (Å²) in [6, 6.07) is 56.7. The molecule has 1 radical (unpaired) electrons. The number of hydrogen-bond acceptors (Lipinski definition) is 2. The Labute approximate surface area is 375 Å². The fraction of sp³-hybridized carbons (Fsp3) is 0.154. The van der Waals surface area contributed by atoms with Gasteiger partial charge in [0, 0.05) is 12.8 Å². The molecule has 2 N–H and O–H groups in total. The number of carbonyl (C=O) groups excluding carboxylic acids is 2. The Morgan fingerprint density at radius 3 is 1.23 bits per heavy atom.